The number of aryl methyl sites for hydroxylation is 2. The van der Waals surface area contributed by atoms with Gasteiger partial charge in [0, 0.05) is 25.4 Å². The lowest BCUT2D eigenvalue weighted by Gasteiger charge is -2.24. The van der Waals surface area contributed by atoms with Crippen molar-refractivity contribution in [3.63, 3.8) is 0 Å². The number of aromatic nitrogens is 2. The Bertz CT molecular complexity index is 431. The standard InChI is InChI=1S/C14H22N4/c1-2-4-13-17-8-10-18(13)9-6-12-5-3-7-14(12,16)11-15/h8,10,12H,2-7,9,16H2,1H3. The lowest BCUT2D eigenvalue weighted by atomic mass is 9.87. The fraction of sp³-hybridized carbons (Fsp3) is 0.714. The summed E-state index contributed by atoms with van der Waals surface area (Å²) in [5.74, 6) is 1.48. The molecule has 1 heterocycles. The van der Waals surface area contributed by atoms with Crippen LogP contribution in [0.5, 0.6) is 0 Å². The molecule has 4 heteroatoms. The molecule has 1 saturated carbocycles. The topological polar surface area (TPSA) is 67.6 Å². The van der Waals surface area contributed by atoms with Gasteiger partial charge in [-0.05, 0) is 31.6 Å². The number of rotatable bonds is 5. The first-order chi connectivity index (χ1) is 8.69. The van der Waals surface area contributed by atoms with E-state index in [1.165, 1.54) is 0 Å². The minimum Gasteiger partial charge on any atom is -0.335 e. The highest BCUT2D eigenvalue weighted by Gasteiger charge is 2.39. The molecule has 0 amide bonds. The average Bonchev–Trinajstić information content (AvgIpc) is 2.95. The average molecular weight is 246 g/mol. The summed E-state index contributed by atoms with van der Waals surface area (Å²) in [6, 6.07) is 2.31. The van der Waals surface area contributed by atoms with Gasteiger partial charge in [0.15, 0.2) is 0 Å². The van der Waals surface area contributed by atoms with Crippen molar-refractivity contribution in [1.29, 1.82) is 5.26 Å². The van der Waals surface area contributed by atoms with Crippen molar-refractivity contribution in [3.05, 3.63) is 18.2 Å². The Morgan fingerprint density at radius 3 is 3.22 bits per heavy atom. The van der Waals surface area contributed by atoms with E-state index in [0.717, 1.165) is 50.9 Å². The van der Waals surface area contributed by atoms with E-state index >= 15 is 0 Å². The molecule has 2 atom stereocenters. The summed E-state index contributed by atoms with van der Waals surface area (Å²) in [5.41, 5.74) is 5.56. The highest BCUT2D eigenvalue weighted by molar-refractivity contribution is 5.12. The molecule has 1 aromatic rings. The Labute approximate surface area is 109 Å². The Kier molecular flexibility index (Phi) is 4.03. The molecule has 4 nitrogen and oxygen atoms in total. The molecular weight excluding hydrogens is 224 g/mol. The zero-order chi connectivity index (χ0) is 13.0. The Morgan fingerprint density at radius 2 is 2.50 bits per heavy atom. The van der Waals surface area contributed by atoms with Crippen LogP contribution in [0, 0.1) is 17.2 Å². The molecule has 2 rings (SSSR count). The van der Waals surface area contributed by atoms with Gasteiger partial charge in [-0.15, -0.1) is 0 Å². The monoisotopic (exact) mass is 246 g/mol. The van der Waals surface area contributed by atoms with Crippen LogP contribution in [-0.2, 0) is 13.0 Å². The fourth-order valence-electron chi connectivity index (χ4n) is 2.94. The third-order valence-electron chi connectivity index (χ3n) is 4.07. The third-order valence-corrected chi connectivity index (χ3v) is 4.07. The molecule has 98 valence electrons. The summed E-state index contributed by atoms with van der Waals surface area (Å²) in [5, 5.41) is 9.20. The largest absolute Gasteiger partial charge is 0.335 e. The fourth-order valence-corrected chi connectivity index (χ4v) is 2.94. The molecule has 0 aliphatic heterocycles. The van der Waals surface area contributed by atoms with Crippen LogP contribution >= 0.6 is 0 Å². The minimum absolute atomic E-state index is 0.333. The second kappa shape index (κ2) is 5.53. The molecule has 2 unspecified atom stereocenters. The van der Waals surface area contributed by atoms with Crippen LogP contribution in [0.3, 0.4) is 0 Å². The van der Waals surface area contributed by atoms with Crippen molar-refractivity contribution in [2.45, 2.75) is 57.5 Å². The van der Waals surface area contributed by atoms with Crippen LogP contribution in [-0.4, -0.2) is 15.1 Å². The van der Waals surface area contributed by atoms with Crippen LogP contribution < -0.4 is 5.73 Å². The number of nitriles is 1. The van der Waals surface area contributed by atoms with Crippen molar-refractivity contribution in [3.8, 4) is 6.07 Å². The van der Waals surface area contributed by atoms with Crippen molar-refractivity contribution in [1.82, 2.24) is 9.55 Å². The predicted octanol–water partition coefficient (Wildman–Crippen LogP) is 2.25. The van der Waals surface area contributed by atoms with Crippen molar-refractivity contribution < 1.29 is 0 Å². The smallest absolute Gasteiger partial charge is 0.108 e. The molecule has 1 aliphatic rings. The zero-order valence-electron chi connectivity index (χ0n) is 11.1. The van der Waals surface area contributed by atoms with E-state index in [2.05, 4.69) is 22.5 Å². The van der Waals surface area contributed by atoms with E-state index in [1.807, 2.05) is 12.4 Å². The van der Waals surface area contributed by atoms with Crippen molar-refractivity contribution in [2.24, 2.45) is 11.7 Å². The second-order valence-corrected chi connectivity index (χ2v) is 5.32. The lowest BCUT2D eigenvalue weighted by Crippen LogP contribution is -2.42. The Balaban J connectivity index is 1.95. The van der Waals surface area contributed by atoms with Gasteiger partial charge in [0.1, 0.15) is 11.4 Å². The first-order valence-electron chi connectivity index (χ1n) is 6.89. The van der Waals surface area contributed by atoms with Crippen LogP contribution in [0.15, 0.2) is 12.4 Å². The minimum atomic E-state index is -0.592. The summed E-state index contributed by atoms with van der Waals surface area (Å²) in [6.07, 6.45) is 10.0. The van der Waals surface area contributed by atoms with Gasteiger partial charge in [-0.25, -0.2) is 4.98 Å². The van der Waals surface area contributed by atoms with E-state index in [9.17, 15) is 5.26 Å². The maximum atomic E-state index is 9.20. The molecule has 1 fully saturated rings. The van der Waals surface area contributed by atoms with Gasteiger partial charge in [-0.1, -0.05) is 13.3 Å². The summed E-state index contributed by atoms with van der Waals surface area (Å²) in [6.45, 7) is 3.09. The quantitative estimate of drug-likeness (QED) is 0.866. The maximum absolute atomic E-state index is 9.20. The Hall–Kier alpha value is -1.34. The number of hydrogen-bond acceptors (Lipinski definition) is 3. The number of nitrogens with two attached hydrogens (primary N) is 1. The van der Waals surface area contributed by atoms with Crippen LogP contribution in [0.4, 0.5) is 0 Å². The van der Waals surface area contributed by atoms with E-state index in [-0.39, 0.29) is 0 Å². The van der Waals surface area contributed by atoms with Crippen LogP contribution in [0.1, 0.15) is 44.9 Å². The number of nitrogens with zero attached hydrogens (tertiary/aromatic N) is 3. The SMILES string of the molecule is CCCc1nccn1CCC1CCCC1(N)C#N. The van der Waals surface area contributed by atoms with Gasteiger partial charge < -0.3 is 10.3 Å². The first kappa shape index (κ1) is 13.1. The number of imidazole rings is 1. The normalized spacial score (nSPS) is 27.3. The molecule has 1 aliphatic carbocycles. The molecule has 0 aromatic carbocycles. The molecule has 1 aromatic heterocycles. The summed E-state index contributed by atoms with van der Waals surface area (Å²) >= 11 is 0. The van der Waals surface area contributed by atoms with Crippen molar-refractivity contribution >= 4 is 0 Å². The Morgan fingerprint density at radius 1 is 1.67 bits per heavy atom. The van der Waals surface area contributed by atoms with Gasteiger partial charge >= 0.3 is 0 Å². The van der Waals surface area contributed by atoms with Gasteiger partial charge in [-0.2, -0.15) is 5.26 Å². The van der Waals surface area contributed by atoms with Crippen LogP contribution in [0.25, 0.3) is 0 Å². The summed E-state index contributed by atoms with van der Waals surface area (Å²) < 4.78 is 2.21. The summed E-state index contributed by atoms with van der Waals surface area (Å²) in [7, 11) is 0. The van der Waals surface area contributed by atoms with E-state index < -0.39 is 5.54 Å². The molecule has 0 saturated heterocycles. The zero-order valence-corrected chi connectivity index (χ0v) is 11.1. The molecule has 18 heavy (non-hydrogen) atoms. The maximum Gasteiger partial charge on any atom is 0.108 e. The third kappa shape index (κ3) is 2.56. The lowest BCUT2D eigenvalue weighted by molar-refractivity contribution is 0.351. The van der Waals surface area contributed by atoms with E-state index in [1.54, 1.807) is 0 Å². The molecule has 0 spiro atoms. The summed E-state index contributed by atoms with van der Waals surface area (Å²) in [4.78, 5) is 4.37. The molecule has 0 bridgehead atoms. The molecule has 2 N–H and O–H groups in total. The first-order valence-corrected chi connectivity index (χ1v) is 6.89. The van der Waals surface area contributed by atoms with Gasteiger partial charge in [0.2, 0.25) is 0 Å². The van der Waals surface area contributed by atoms with E-state index in [4.69, 9.17) is 5.73 Å². The second-order valence-electron chi connectivity index (χ2n) is 5.32. The van der Waals surface area contributed by atoms with Gasteiger partial charge in [0.25, 0.3) is 0 Å². The number of hydrogen-bond donors (Lipinski definition) is 1. The van der Waals surface area contributed by atoms with E-state index in [0.29, 0.717) is 5.92 Å². The van der Waals surface area contributed by atoms with Gasteiger partial charge in [0.05, 0.1) is 6.07 Å². The molecule has 0 radical (unpaired) electrons. The highest BCUT2D eigenvalue weighted by Crippen LogP contribution is 2.35. The predicted molar refractivity (Wildman–Crippen MR) is 70.7 cm³/mol. The van der Waals surface area contributed by atoms with Gasteiger partial charge in [-0.3, -0.25) is 0 Å². The highest BCUT2D eigenvalue weighted by atomic mass is 15.1. The van der Waals surface area contributed by atoms with Crippen molar-refractivity contribution in [2.75, 3.05) is 0 Å². The van der Waals surface area contributed by atoms with Crippen LogP contribution in [0.2, 0.25) is 0 Å². The molecular formula is C14H22N4.